The molecule has 0 unspecified atom stereocenters. The summed E-state index contributed by atoms with van der Waals surface area (Å²) >= 11 is 0. The summed E-state index contributed by atoms with van der Waals surface area (Å²) in [6.07, 6.45) is 1.49. The van der Waals surface area contributed by atoms with E-state index in [0.29, 0.717) is 5.69 Å². The topological polar surface area (TPSA) is 66.2 Å². The lowest BCUT2D eigenvalue weighted by molar-refractivity contribution is -0.143. The molecule has 0 saturated heterocycles. The smallest absolute Gasteiger partial charge is 0.343 e. The molecule has 0 spiro atoms. The largest absolute Gasteiger partial charge is 0.466 e. The fraction of sp³-hybridized carbons (Fsp3) is 0.250. The SMILES string of the molecule is COC(=O)COc1cc(-c2ncccc2F)n(C)n1. The van der Waals surface area contributed by atoms with Crippen molar-refractivity contribution in [2.24, 2.45) is 7.05 Å². The number of hydrogen-bond acceptors (Lipinski definition) is 5. The Hall–Kier alpha value is -2.44. The third-order valence-electron chi connectivity index (χ3n) is 2.42. The van der Waals surface area contributed by atoms with Crippen molar-refractivity contribution in [3.63, 3.8) is 0 Å². The molecule has 0 N–H and O–H groups in total. The van der Waals surface area contributed by atoms with Gasteiger partial charge in [0.1, 0.15) is 5.69 Å². The van der Waals surface area contributed by atoms with Gasteiger partial charge >= 0.3 is 5.97 Å². The Bertz CT molecular complexity index is 598. The molecule has 0 aromatic carbocycles. The number of methoxy groups -OCH3 is 1. The molecule has 7 heteroatoms. The molecule has 0 aliphatic heterocycles. The number of ether oxygens (including phenoxy) is 2. The molecule has 0 aliphatic carbocycles. The van der Waals surface area contributed by atoms with Crippen molar-refractivity contribution >= 4 is 5.97 Å². The zero-order chi connectivity index (χ0) is 13.8. The molecule has 2 heterocycles. The lowest BCUT2D eigenvalue weighted by Gasteiger charge is -2.00. The number of esters is 1. The third-order valence-corrected chi connectivity index (χ3v) is 2.42. The quantitative estimate of drug-likeness (QED) is 0.776. The van der Waals surface area contributed by atoms with Gasteiger partial charge in [-0.25, -0.2) is 9.18 Å². The number of carbonyl (C=O) groups excluding carboxylic acids is 1. The molecule has 2 rings (SSSR count). The maximum absolute atomic E-state index is 13.6. The van der Waals surface area contributed by atoms with Gasteiger partial charge in [0.15, 0.2) is 12.4 Å². The van der Waals surface area contributed by atoms with Crippen LogP contribution in [0.25, 0.3) is 11.4 Å². The summed E-state index contributed by atoms with van der Waals surface area (Å²) in [5.74, 6) is -0.769. The molecule has 100 valence electrons. The minimum atomic E-state index is -0.517. The Morgan fingerprint density at radius 3 is 3.00 bits per heavy atom. The first-order chi connectivity index (χ1) is 9.11. The standard InChI is InChI=1S/C12H12FN3O3/c1-16-9(12-8(13)4-3-5-14-12)6-10(15-16)19-7-11(17)18-2/h3-6H,7H2,1-2H3. The van der Waals surface area contributed by atoms with Gasteiger partial charge in [-0.05, 0) is 12.1 Å². The van der Waals surface area contributed by atoms with Crippen LogP contribution in [0.5, 0.6) is 5.88 Å². The van der Waals surface area contributed by atoms with E-state index in [4.69, 9.17) is 4.74 Å². The van der Waals surface area contributed by atoms with Crippen LogP contribution in [-0.2, 0) is 16.6 Å². The number of halogens is 1. The molecule has 19 heavy (non-hydrogen) atoms. The van der Waals surface area contributed by atoms with Gasteiger partial charge < -0.3 is 9.47 Å². The molecule has 6 nitrogen and oxygen atoms in total. The van der Waals surface area contributed by atoms with E-state index >= 15 is 0 Å². The van der Waals surface area contributed by atoms with Gasteiger partial charge in [0.05, 0.1) is 12.8 Å². The van der Waals surface area contributed by atoms with E-state index in [1.54, 1.807) is 7.05 Å². The maximum atomic E-state index is 13.6. The molecule has 0 bridgehead atoms. The minimum Gasteiger partial charge on any atom is -0.466 e. The van der Waals surface area contributed by atoms with Gasteiger partial charge in [0.2, 0.25) is 5.88 Å². The normalized spacial score (nSPS) is 10.3. The Labute approximate surface area is 108 Å². The fourth-order valence-electron chi connectivity index (χ4n) is 1.50. The van der Waals surface area contributed by atoms with Gasteiger partial charge in [-0.1, -0.05) is 0 Å². The van der Waals surface area contributed by atoms with Crippen LogP contribution in [-0.4, -0.2) is 34.5 Å². The average molecular weight is 265 g/mol. The first-order valence-electron chi connectivity index (χ1n) is 5.46. The Balaban J connectivity index is 2.22. The monoisotopic (exact) mass is 265 g/mol. The average Bonchev–Trinajstić information content (AvgIpc) is 2.77. The number of aromatic nitrogens is 3. The van der Waals surface area contributed by atoms with Crippen molar-refractivity contribution < 1.29 is 18.7 Å². The molecule has 2 aromatic heterocycles. The van der Waals surface area contributed by atoms with E-state index in [-0.39, 0.29) is 18.2 Å². The highest BCUT2D eigenvalue weighted by atomic mass is 19.1. The summed E-state index contributed by atoms with van der Waals surface area (Å²) in [5, 5.41) is 4.01. The molecule has 0 aliphatic rings. The van der Waals surface area contributed by atoms with Crippen molar-refractivity contribution in [3.05, 3.63) is 30.2 Å². The van der Waals surface area contributed by atoms with Crippen LogP contribution in [0.2, 0.25) is 0 Å². The summed E-state index contributed by atoms with van der Waals surface area (Å²) in [5.41, 5.74) is 0.628. The second kappa shape index (κ2) is 5.47. The van der Waals surface area contributed by atoms with Crippen LogP contribution in [0.1, 0.15) is 0 Å². The van der Waals surface area contributed by atoms with Crippen molar-refractivity contribution in [1.29, 1.82) is 0 Å². The van der Waals surface area contributed by atoms with Crippen LogP contribution in [0, 0.1) is 5.82 Å². The number of aryl methyl sites for hydroxylation is 1. The minimum absolute atomic E-state index is 0.172. The second-order valence-corrected chi connectivity index (χ2v) is 3.69. The van der Waals surface area contributed by atoms with Gasteiger partial charge in [-0.15, -0.1) is 5.10 Å². The van der Waals surface area contributed by atoms with Crippen molar-refractivity contribution in [1.82, 2.24) is 14.8 Å². The lowest BCUT2D eigenvalue weighted by Crippen LogP contribution is -2.12. The zero-order valence-corrected chi connectivity index (χ0v) is 10.5. The first-order valence-corrected chi connectivity index (χ1v) is 5.46. The number of pyridine rings is 1. The highest BCUT2D eigenvalue weighted by molar-refractivity contribution is 5.70. The first kappa shape index (κ1) is 13.0. The molecule has 2 aromatic rings. The maximum Gasteiger partial charge on any atom is 0.343 e. The number of hydrogen-bond donors (Lipinski definition) is 0. The molecule has 0 saturated carbocycles. The summed E-state index contributed by atoms with van der Waals surface area (Å²) in [7, 11) is 2.90. The van der Waals surface area contributed by atoms with Crippen LogP contribution < -0.4 is 4.74 Å². The summed E-state index contributed by atoms with van der Waals surface area (Å²) in [4.78, 5) is 14.9. The van der Waals surface area contributed by atoms with Crippen molar-refractivity contribution in [2.75, 3.05) is 13.7 Å². The summed E-state index contributed by atoms with van der Waals surface area (Å²) in [6.45, 7) is -0.252. The van der Waals surface area contributed by atoms with E-state index in [2.05, 4.69) is 14.8 Å². The van der Waals surface area contributed by atoms with Crippen molar-refractivity contribution in [2.45, 2.75) is 0 Å². The zero-order valence-electron chi connectivity index (χ0n) is 10.5. The number of rotatable bonds is 4. The van der Waals surface area contributed by atoms with E-state index in [1.165, 1.54) is 36.2 Å². The van der Waals surface area contributed by atoms with E-state index < -0.39 is 11.8 Å². The number of nitrogens with zero attached hydrogens (tertiary/aromatic N) is 3. The molecule has 0 atom stereocenters. The summed E-state index contributed by atoms with van der Waals surface area (Å²) < 4.78 is 24.6. The molecule has 0 amide bonds. The second-order valence-electron chi connectivity index (χ2n) is 3.69. The van der Waals surface area contributed by atoms with Crippen molar-refractivity contribution in [3.8, 4) is 17.3 Å². The Morgan fingerprint density at radius 1 is 1.53 bits per heavy atom. The molecule has 0 fully saturated rings. The highest BCUT2D eigenvalue weighted by Gasteiger charge is 2.14. The van der Waals surface area contributed by atoms with E-state index in [0.717, 1.165) is 0 Å². The van der Waals surface area contributed by atoms with Gasteiger partial charge in [-0.3, -0.25) is 9.67 Å². The molecular formula is C12H12FN3O3. The van der Waals surface area contributed by atoms with Gasteiger partial charge in [0, 0.05) is 19.3 Å². The highest BCUT2D eigenvalue weighted by Crippen LogP contribution is 2.23. The molecular weight excluding hydrogens is 253 g/mol. The Morgan fingerprint density at radius 2 is 2.32 bits per heavy atom. The van der Waals surface area contributed by atoms with E-state index in [1.807, 2.05) is 0 Å². The van der Waals surface area contributed by atoms with Crippen LogP contribution in [0.15, 0.2) is 24.4 Å². The van der Waals surface area contributed by atoms with Gasteiger partial charge in [0.25, 0.3) is 0 Å². The van der Waals surface area contributed by atoms with Gasteiger partial charge in [-0.2, -0.15) is 0 Å². The lowest BCUT2D eigenvalue weighted by atomic mass is 10.2. The predicted octanol–water partition coefficient (Wildman–Crippen LogP) is 1.17. The predicted molar refractivity (Wildman–Crippen MR) is 63.9 cm³/mol. The number of carbonyl (C=O) groups is 1. The van der Waals surface area contributed by atoms with Crippen LogP contribution in [0.4, 0.5) is 4.39 Å². The van der Waals surface area contributed by atoms with E-state index in [9.17, 15) is 9.18 Å². The molecule has 0 radical (unpaired) electrons. The summed E-state index contributed by atoms with van der Waals surface area (Å²) in [6, 6.07) is 4.32. The van der Waals surface area contributed by atoms with Crippen LogP contribution >= 0.6 is 0 Å². The Kier molecular flexibility index (Phi) is 3.74. The van der Waals surface area contributed by atoms with Crippen LogP contribution in [0.3, 0.4) is 0 Å². The fourth-order valence-corrected chi connectivity index (χ4v) is 1.50. The third kappa shape index (κ3) is 2.87.